The first-order valence-electron chi connectivity index (χ1n) is 10.2. The highest BCUT2D eigenvalue weighted by atomic mass is 32.2. The minimum Gasteiger partial charge on any atom is -0.494 e. The van der Waals surface area contributed by atoms with Gasteiger partial charge in [-0.15, -0.1) is 4.40 Å². The van der Waals surface area contributed by atoms with Gasteiger partial charge >= 0.3 is 0 Å². The summed E-state index contributed by atoms with van der Waals surface area (Å²) in [6, 6.07) is 20.9. The number of fused-ring (bicyclic) bond motifs is 1. The van der Waals surface area contributed by atoms with Crippen LogP contribution in [0.4, 0.5) is 5.69 Å². The van der Waals surface area contributed by atoms with Crippen LogP contribution >= 0.6 is 0 Å². The summed E-state index contributed by atoms with van der Waals surface area (Å²) in [4.78, 5) is 12.9. The van der Waals surface area contributed by atoms with Crippen molar-refractivity contribution in [2.45, 2.75) is 24.8 Å². The van der Waals surface area contributed by atoms with E-state index in [1.165, 1.54) is 6.07 Å². The number of ether oxygens (including phenoxy) is 1. The van der Waals surface area contributed by atoms with Gasteiger partial charge < -0.3 is 15.4 Å². The maximum absolute atomic E-state index is 12.7. The fraction of sp³-hybridized carbons (Fsp3) is 0.167. The molecule has 1 unspecified atom stereocenters. The molecule has 0 bridgehead atoms. The zero-order valence-electron chi connectivity index (χ0n) is 17.7. The van der Waals surface area contributed by atoms with Gasteiger partial charge in [0.1, 0.15) is 10.6 Å². The summed E-state index contributed by atoms with van der Waals surface area (Å²) in [6.45, 7) is 4.41. The van der Waals surface area contributed by atoms with Crippen LogP contribution in [0, 0.1) is 0 Å². The van der Waals surface area contributed by atoms with E-state index in [9.17, 15) is 13.2 Å². The van der Waals surface area contributed by atoms with Crippen LogP contribution in [-0.4, -0.2) is 26.8 Å². The summed E-state index contributed by atoms with van der Waals surface area (Å²) in [5.74, 6) is 0.817. The first kappa shape index (κ1) is 21.6. The predicted octanol–water partition coefficient (Wildman–Crippen LogP) is 4.14. The van der Waals surface area contributed by atoms with Crippen molar-refractivity contribution in [3.05, 3.63) is 89.5 Å². The molecule has 2 N–H and O–H groups in total. The number of benzene rings is 3. The summed E-state index contributed by atoms with van der Waals surface area (Å²) >= 11 is 0. The molecule has 0 aromatic heterocycles. The van der Waals surface area contributed by atoms with E-state index < -0.39 is 10.0 Å². The van der Waals surface area contributed by atoms with E-state index in [0.29, 0.717) is 23.4 Å². The third-order valence-electron chi connectivity index (χ3n) is 5.06. The Morgan fingerprint density at radius 2 is 1.78 bits per heavy atom. The first-order chi connectivity index (χ1) is 15.4. The van der Waals surface area contributed by atoms with Crippen LogP contribution in [0.25, 0.3) is 0 Å². The number of amidine groups is 1. The number of hydrogen-bond donors (Lipinski definition) is 2. The predicted molar refractivity (Wildman–Crippen MR) is 124 cm³/mol. The largest absolute Gasteiger partial charge is 0.494 e. The van der Waals surface area contributed by atoms with Crippen molar-refractivity contribution in [2.75, 3.05) is 11.9 Å². The van der Waals surface area contributed by atoms with Gasteiger partial charge in [0.25, 0.3) is 15.9 Å². The quantitative estimate of drug-likeness (QED) is 0.590. The minimum absolute atomic E-state index is 0.181. The number of carbonyl (C=O) groups is 1. The van der Waals surface area contributed by atoms with Gasteiger partial charge in [0, 0.05) is 16.8 Å². The number of nitrogens with one attached hydrogen (secondary N) is 2. The molecule has 8 heteroatoms. The summed E-state index contributed by atoms with van der Waals surface area (Å²) < 4.78 is 33.7. The fourth-order valence-electron chi connectivity index (χ4n) is 3.44. The Hall–Kier alpha value is -3.65. The van der Waals surface area contributed by atoms with Crippen LogP contribution in [-0.2, 0) is 10.0 Å². The Morgan fingerprint density at radius 1 is 1.03 bits per heavy atom. The molecule has 0 radical (unpaired) electrons. The molecule has 1 aliphatic rings. The van der Waals surface area contributed by atoms with E-state index in [4.69, 9.17) is 4.74 Å². The summed E-state index contributed by atoms with van der Waals surface area (Å²) in [5, 5.41) is 6.01. The van der Waals surface area contributed by atoms with E-state index in [2.05, 4.69) is 15.0 Å². The number of carbonyl (C=O) groups excluding carboxylic acids is 1. The molecule has 0 saturated heterocycles. The molecule has 0 aliphatic carbocycles. The normalized spacial score (nSPS) is 14.8. The monoisotopic (exact) mass is 449 g/mol. The van der Waals surface area contributed by atoms with Crippen LogP contribution < -0.4 is 15.4 Å². The molecular weight excluding hydrogens is 426 g/mol. The molecular formula is C24H23N3O4S. The molecule has 1 atom stereocenters. The second kappa shape index (κ2) is 8.84. The van der Waals surface area contributed by atoms with Crippen LogP contribution in [0.2, 0.25) is 0 Å². The Bertz CT molecular complexity index is 1280. The maximum Gasteiger partial charge on any atom is 0.285 e. The summed E-state index contributed by atoms with van der Waals surface area (Å²) in [6.07, 6.45) is 0. The third-order valence-corrected chi connectivity index (χ3v) is 6.39. The lowest BCUT2D eigenvalue weighted by Crippen LogP contribution is -2.26. The number of rotatable bonds is 6. The standard InChI is InChI=1S/C24H23N3O4S/c1-3-31-20-8-6-7-18(15-20)16(2)25-24(28)17-11-13-19(14-12-17)26-23-21-9-4-5-10-22(21)32(29,30)27-23/h4-16H,3H2,1-2H3,(H,25,28)(H,26,27). The Labute approximate surface area is 187 Å². The molecule has 0 saturated carbocycles. The molecule has 32 heavy (non-hydrogen) atoms. The lowest BCUT2D eigenvalue weighted by Gasteiger charge is -2.16. The van der Waals surface area contributed by atoms with Gasteiger partial charge in [0.2, 0.25) is 0 Å². The SMILES string of the molecule is CCOc1cccc(C(C)NC(=O)c2ccc(NC3=NS(=O)(=O)c4ccccc43)cc2)c1. The molecule has 3 aromatic rings. The molecule has 164 valence electrons. The van der Waals surface area contributed by atoms with Gasteiger partial charge in [-0.05, 0) is 67.9 Å². The molecule has 1 aliphatic heterocycles. The van der Waals surface area contributed by atoms with Gasteiger partial charge in [-0.3, -0.25) is 4.79 Å². The molecule has 4 rings (SSSR count). The van der Waals surface area contributed by atoms with Crippen molar-refractivity contribution in [3.63, 3.8) is 0 Å². The van der Waals surface area contributed by atoms with Gasteiger partial charge in [0.15, 0.2) is 5.84 Å². The molecule has 0 fully saturated rings. The van der Waals surface area contributed by atoms with Gasteiger partial charge in [-0.25, -0.2) is 0 Å². The van der Waals surface area contributed by atoms with Crippen molar-refractivity contribution in [1.82, 2.24) is 5.32 Å². The highest BCUT2D eigenvalue weighted by Crippen LogP contribution is 2.27. The average molecular weight is 450 g/mol. The van der Waals surface area contributed by atoms with E-state index in [1.807, 2.05) is 38.1 Å². The Kier molecular flexibility index (Phi) is 5.96. The maximum atomic E-state index is 12.7. The van der Waals surface area contributed by atoms with Crippen LogP contribution in [0.3, 0.4) is 0 Å². The molecule has 7 nitrogen and oxygen atoms in total. The van der Waals surface area contributed by atoms with Crippen LogP contribution in [0.1, 0.15) is 41.4 Å². The van der Waals surface area contributed by atoms with Crippen LogP contribution in [0.5, 0.6) is 5.75 Å². The van der Waals surface area contributed by atoms with Crippen molar-refractivity contribution >= 4 is 27.5 Å². The van der Waals surface area contributed by atoms with Crippen LogP contribution in [0.15, 0.2) is 82.1 Å². The lowest BCUT2D eigenvalue weighted by molar-refractivity contribution is 0.0940. The van der Waals surface area contributed by atoms with E-state index in [0.717, 1.165) is 11.3 Å². The van der Waals surface area contributed by atoms with Crippen molar-refractivity contribution < 1.29 is 17.9 Å². The molecule has 1 heterocycles. The lowest BCUT2D eigenvalue weighted by atomic mass is 10.1. The van der Waals surface area contributed by atoms with E-state index >= 15 is 0 Å². The van der Waals surface area contributed by atoms with E-state index in [1.54, 1.807) is 42.5 Å². The van der Waals surface area contributed by atoms with Crippen molar-refractivity contribution in [2.24, 2.45) is 4.40 Å². The third kappa shape index (κ3) is 4.50. The Morgan fingerprint density at radius 3 is 2.53 bits per heavy atom. The number of sulfonamides is 1. The highest BCUT2D eigenvalue weighted by molar-refractivity contribution is 7.90. The number of anilines is 1. The number of amides is 1. The zero-order valence-corrected chi connectivity index (χ0v) is 18.5. The molecule has 1 amide bonds. The average Bonchev–Trinajstić information content (AvgIpc) is 3.04. The number of nitrogens with zero attached hydrogens (tertiary/aromatic N) is 1. The van der Waals surface area contributed by atoms with E-state index in [-0.39, 0.29) is 22.7 Å². The van der Waals surface area contributed by atoms with Crippen molar-refractivity contribution in [3.8, 4) is 5.75 Å². The fourth-order valence-corrected chi connectivity index (χ4v) is 4.62. The van der Waals surface area contributed by atoms with Gasteiger partial charge in [0.05, 0.1) is 12.6 Å². The highest BCUT2D eigenvalue weighted by Gasteiger charge is 2.28. The first-order valence-corrected chi connectivity index (χ1v) is 11.7. The molecule has 0 spiro atoms. The summed E-state index contributed by atoms with van der Waals surface area (Å²) in [7, 11) is -3.69. The number of hydrogen-bond acceptors (Lipinski definition) is 5. The second-order valence-corrected chi connectivity index (χ2v) is 8.89. The Balaban J connectivity index is 1.44. The topological polar surface area (TPSA) is 96.9 Å². The summed E-state index contributed by atoms with van der Waals surface area (Å²) in [5.41, 5.74) is 2.59. The van der Waals surface area contributed by atoms with Gasteiger partial charge in [-0.2, -0.15) is 8.42 Å². The minimum atomic E-state index is -3.69. The second-order valence-electron chi connectivity index (χ2n) is 7.31. The van der Waals surface area contributed by atoms with Crippen molar-refractivity contribution in [1.29, 1.82) is 0 Å². The van der Waals surface area contributed by atoms with Gasteiger partial charge in [-0.1, -0.05) is 24.3 Å². The molecule has 3 aromatic carbocycles. The smallest absolute Gasteiger partial charge is 0.285 e. The zero-order chi connectivity index (χ0) is 22.7.